The summed E-state index contributed by atoms with van der Waals surface area (Å²) >= 11 is 0. The summed E-state index contributed by atoms with van der Waals surface area (Å²) in [6.45, 7) is 3.40. The monoisotopic (exact) mass is 294 g/mol. The minimum atomic E-state index is -2.39. The predicted octanol–water partition coefficient (Wildman–Crippen LogP) is 0.111. The van der Waals surface area contributed by atoms with Gasteiger partial charge in [-0.1, -0.05) is 19.8 Å². The summed E-state index contributed by atoms with van der Waals surface area (Å²) in [5.41, 5.74) is 0. The van der Waals surface area contributed by atoms with E-state index in [0.717, 1.165) is 25.7 Å². The Balaban J connectivity index is 0.00000154. The van der Waals surface area contributed by atoms with Gasteiger partial charge in [0.25, 0.3) is 0 Å². The fourth-order valence-corrected chi connectivity index (χ4v) is 2.94. The van der Waals surface area contributed by atoms with Gasteiger partial charge in [-0.3, -0.25) is 9.69 Å². The number of carboxylic acids is 1. The van der Waals surface area contributed by atoms with E-state index >= 15 is 0 Å². The Kier molecular flexibility index (Phi) is 9.40. The number of piperidine rings is 1. The van der Waals surface area contributed by atoms with E-state index in [1.807, 2.05) is 0 Å². The number of hydrogen-bond acceptors (Lipinski definition) is 6. The van der Waals surface area contributed by atoms with Crippen molar-refractivity contribution in [2.45, 2.75) is 45.1 Å². The molecular weight excluding hydrogens is 272 g/mol. The van der Waals surface area contributed by atoms with Gasteiger partial charge in [0.2, 0.25) is 10.3 Å². The molecule has 0 aromatic rings. The molecule has 0 aromatic heterocycles. The maximum Gasteiger partial charge on any atom is 0.326 e. The maximum atomic E-state index is 11.2. The lowest BCUT2D eigenvalue weighted by atomic mass is 10.0. The molecule has 0 aromatic carbocycles. The number of carboxylic acid groups (broad SMARTS) is 1. The fourth-order valence-electron chi connectivity index (χ4n) is 2.20. The molecule has 1 heterocycles. The predicted molar refractivity (Wildman–Crippen MR) is 71.7 cm³/mol. The van der Waals surface area contributed by atoms with Crippen molar-refractivity contribution in [3.63, 3.8) is 0 Å². The molecule has 0 aliphatic carbocycles. The van der Waals surface area contributed by atoms with Gasteiger partial charge < -0.3 is 10.3 Å². The van der Waals surface area contributed by atoms with E-state index in [1.54, 1.807) is 4.90 Å². The highest BCUT2D eigenvalue weighted by Gasteiger charge is 2.34. The summed E-state index contributed by atoms with van der Waals surface area (Å²) in [5, 5.41) is 15.6. The van der Waals surface area contributed by atoms with Crippen LogP contribution < -0.4 is 5.90 Å². The number of nitrogens with two attached hydrogens (primary N) is 1. The topological polar surface area (TPSA) is 121 Å². The van der Waals surface area contributed by atoms with Crippen LogP contribution in [0.2, 0.25) is 0 Å². The van der Waals surface area contributed by atoms with Crippen LogP contribution >= 0.6 is 0 Å². The lowest BCUT2D eigenvalue weighted by Crippen LogP contribution is -2.51. The molecule has 8 heteroatoms. The number of aliphatic carboxylic acids is 1. The molecule has 0 radical (unpaired) electrons. The Morgan fingerprint density at radius 3 is 2.53 bits per heavy atom. The summed E-state index contributed by atoms with van der Waals surface area (Å²) in [4.78, 5) is 13.1. The third-order valence-corrected chi connectivity index (χ3v) is 3.89. The van der Waals surface area contributed by atoms with Gasteiger partial charge in [0, 0.05) is 0 Å². The van der Waals surface area contributed by atoms with Crippen LogP contribution in [0.3, 0.4) is 0 Å². The zero-order valence-electron chi connectivity index (χ0n) is 11.1. The summed E-state index contributed by atoms with van der Waals surface area (Å²) in [5.74, 6) is 2.44. The SMILES string of the molecule is CCCCCN1CCCC(=S(=O)=O)C1C(=O)O.NO. The Hall–Kier alpha value is -0.960. The first-order valence-corrected chi connectivity index (χ1v) is 7.33. The third-order valence-electron chi connectivity index (χ3n) is 3.04. The Morgan fingerprint density at radius 2 is 2.05 bits per heavy atom. The first kappa shape index (κ1) is 18.0. The second-order valence-electron chi connectivity index (χ2n) is 4.29. The van der Waals surface area contributed by atoms with Gasteiger partial charge in [0.15, 0.2) is 0 Å². The van der Waals surface area contributed by atoms with E-state index in [2.05, 4.69) is 12.8 Å². The van der Waals surface area contributed by atoms with E-state index in [1.165, 1.54) is 0 Å². The molecular formula is C11H22N2O5S. The fraction of sp³-hybridized carbons (Fsp3) is 0.818. The molecule has 1 fully saturated rings. The van der Waals surface area contributed by atoms with Crippen LogP contribution in [0.5, 0.6) is 0 Å². The number of likely N-dealkylation sites (tertiary alicyclic amines) is 1. The second-order valence-corrected chi connectivity index (χ2v) is 5.28. The van der Waals surface area contributed by atoms with Gasteiger partial charge >= 0.3 is 5.97 Å². The molecule has 1 aliphatic heterocycles. The van der Waals surface area contributed by atoms with Crippen molar-refractivity contribution in [1.82, 2.24) is 4.90 Å². The van der Waals surface area contributed by atoms with E-state index < -0.39 is 22.3 Å². The minimum Gasteiger partial charge on any atom is -0.480 e. The third kappa shape index (κ3) is 5.68. The van der Waals surface area contributed by atoms with Gasteiger partial charge in [-0.15, -0.1) is 0 Å². The van der Waals surface area contributed by atoms with Crippen molar-refractivity contribution in [1.29, 1.82) is 0 Å². The minimum absolute atomic E-state index is 0.125. The maximum absolute atomic E-state index is 11.2. The van der Waals surface area contributed by atoms with Crippen molar-refractivity contribution in [3.8, 4) is 0 Å². The number of rotatable bonds is 5. The first-order chi connectivity index (χ1) is 9.07. The Labute approximate surface area is 114 Å². The van der Waals surface area contributed by atoms with Gasteiger partial charge in [-0.25, -0.2) is 5.90 Å². The van der Waals surface area contributed by atoms with Gasteiger partial charge in [-0.2, -0.15) is 8.42 Å². The lowest BCUT2D eigenvalue weighted by Gasteiger charge is -2.32. The molecule has 19 heavy (non-hydrogen) atoms. The first-order valence-electron chi connectivity index (χ1n) is 6.25. The van der Waals surface area contributed by atoms with Gasteiger partial charge in [-0.05, 0) is 32.4 Å². The molecule has 7 nitrogen and oxygen atoms in total. The average molecular weight is 294 g/mol. The summed E-state index contributed by atoms with van der Waals surface area (Å²) in [6, 6.07) is -0.945. The summed E-state index contributed by atoms with van der Waals surface area (Å²) in [6.07, 6.45) is 4.11. The zero-order valence-corrected chi connectivity index (χ0v) is 11.9. The zero-order chi connectivity index (χ0) is 14.8. The number of hydrogen-bond donors (Lipinski definition) is 3. The highest BCUT2D eigenvalue weighted by molar-refractivity contribution is 7.73. The highest BCUT2D eigenvalue weighted by Crippen LogP contribution is 2.16. The van der Waals surface area contributed by atoms with Crippen LogP contribution in [0.15, 0.2) is 0 Å². The van der Waals surface area contributed by atoms with Gasteiger partial charge in [0.05, 0.1) is 4.86 Å². The van der Waals surface area contributed by atoms with Crippen molar-refractivity contribution in [2.75, 3.05) is 13.1 Å². The van der Waals surface area contributed by atoms with E-state index in [-0.39, 0.29) is 4.86 Å². The quantitative estimate of drug-likeness (QED) is 0.374. The molecule has 1 unspecified atom stereocenters. The average Bonchev–Trinajstić information content (AvgIpc) is 2.40. The van der Waals surface area contributed by atoms with E-state index in [4.69, 9.17) is 10.3 Å². The van der Waals surface area contributed by atoms with Crippen molar-refractivity contribution < 1.29 is 23.5 Å². The van der Waals surface area contributed by atoms with Gasteiger partial charge in [0.1, 0.15) is 6.04 Å². The number of unbranched alkanes of at least 4 members (excludes halogenated alkanes) is 2. The number of nitrogens with zero attached hydrogens (tertiary/aromatic N) is 1. The van der Waals surface area contributed by atoms with Crippen molar-refractivity contribution in [3.05, 3.63) is 0 Å². The van der Waals surface area contributed by atoms with E-state index in [9.17, 15) is 13.2 Å². The highest BCUT2D eigenvalue weighted by atomic mass is 32.2. The Bertz CT molecular complexity index is 399. The molecule has 0 amide bonds. The van der Waals surface area contributed by atoms with Crippen LogP contribution in [-0.4, -0.2) is 53.6 Å². The molecule has 0 saturated carbocycles. The Morgan fingerprint density at radius 1 is 1.42 bits per heavy atom. The summed E-state index contributed by atoms with van der Waals surface area (Å²) in [7, 11) is -2.39. The van der Waals surface area contributed by atoms with Crippen LogP contribution in [0.4, 0.5) is 0 Å². The molecule has 0 spiro atoms. The second kappa shape index (κ2) is 9.90. The molecule has 112 valence electrons. The molecule has 1 rings (SSSR count). The molecule has 1 aliphatic rings. The molecule has 1 saturated heterocycles. The standard InChI is InChI=1S/C11H19NO4S.H3NO/c1-2-3-4-7-12-8-5-6-9(17(15)16)10(12)11(13)14;1-2/h10H,2-8H2,1H3,(H,13,14);2H,1H2. The van der Waals surface area contributed by atoms with E-state index in [0.29, 0.717) is 19.5 Å². The van der Waals surface area contributed by atoms with Crippen LogP contribution in [0.25, 0.3) is 0 Å². The van der Waals surface area contributed by atoms with Crippen LogP contribution in [0, 0.1) is 0 Å². The number of carbonyl (C=O) groups is 1. The smallest absolute Gasteiger partial charge is 0.326 e. The largest absolute Gasteiger partial charge is 0.480 e. The lowest BCUT2D eigenvalue weighted by molar-refractivity contribution is -0.140. The summed E-state index contributed by atoms with van der Waals surface area (Å²) < 4.78 is 22.0. The van der Waals surface area contributed by atoms with Crippen molar-refractivity contribution >= 4 is 21.1 Å². The molecule has 4 N–H and O–H groups in total. The molecule has 1 atom stereocenters. The van der Waals surface area contributed by atoms with Crippen molar-refractivity contribution in [2.24, 2.45) is 5.90 Å². The van der Waals surface area contributed by atoms with Crippen LogP contribution in [-0.2, 0) is 15.1 Å². The normalized spacial score (nSPS) is 19.5. The van der Waals surface area contributed by atoms with Crippen LogP contribution in [0.1, 0.15) is 39.0 Å². The molecule has 0 bridgehead atoms.